The normalized spacial score (nSPS) is 10.8. The van der Waals surface area contributed by atoms with E-state index >= 15 is 0 Å². The molecule has 0 aliphatic rings. The number of nitro groups is 1. The smallest absolute Gasteiger partial charge is 0.270 e. The van der Waals surface area contributed by atoms with E-state index in [1.165, 1.54) is 18.3 Å². The number of hydrogen-bond donors (Lipinski definition) is 3. The van der Waals surface area contributed by atoms with Crippen LogP contribution in [0.5, 0.6) is 0 Å². The molecule has 0 saturated carbocycles. The quantitative estimate of drug-likeness (QED) is 0.185. The number of nitrogens with zero attached hydrogens (tertiary/aromatic N) is 5. The fourth-order valence-corrected chi connectivity index (χ4v) is 2.95. The second kappa shape index (κ2) is 10.2. The van der Waals surface area contributed by atoms with Crippen molar-refractivity contribution in [3.63, 3.8) is 0 Å². The fourth-order valence-electron chi connectivity index (χ4n) is 2.95. The predicted molar refractivity (Wildman–Crippen MR) is 133 cm³/mol. The van der Waals surface area contributed by atoms with Crippen LogP contribution in [0.25, 0.3) is 0 Å². The maximum absolute atomic E-state index is 11.0. The van der Waals surface area contributed by atoms with E-state index in [1.807, 2.05) is 62.4 Å². The maximum atomic E-state index is 11.0. The van der Waals surface area contributed by atoms with Crippen molar-refractivity contribution in [2.75, 3.05) is 16.1 Å². The van der Waals surface area contributed by atoms with Gasteiger partial charge in [0.05, 0.1) is 11.1 Å². The van der Waals surface area contributed by atoms with Crippen LogP contribution in [-0.4, -0.2) is 26.1 Å². The third kappa shape index (κ3) is 6.10. The molecule has 3 N–H and O–H groups in total. The molecule has 0 atom stereocenters. The number of rotatable bonds is 8. The number of nitrogens with one attached hydrogen (secondary N) is 3. The highest BCUT2D eigenvalue weighted by molar-refractivity contribution is 5.81. The Morgan fingerprint density at radius 1 is 0.794 bits per heavy atom. The van der Waals surface area contributed by atoms with Gasteiger partial charge in [-0.05, 0) is 38.1 Å². The third-order valence-electron chi connectivity index (χ3n) is 4.71. The number of hydrazone groups is 1. The van der Waals surface area contributed by atoms with Crippen molar-refractivity contribution in [2.45, 2.75) is 13.8 Å². The van der Waals surface area contributed by atoms with E-state index in [4.69, 9.17) is 0 Å². The Balaban J connectivity index is 1.57. The highest BCUT2D eigenvalue weighted by Crippen LogP contribution is 2.19. The number of non-ortho nitro benzene ring substituents is 1. The summed E-state index contributed by atoms with van der Waals surface area (Å²) in [6.07, 6.45) is 1.46. The number of nitro benzene ring substituents is 1. The first-order valence-corrected chi connectivity index (χ1v) is 10.4. The molecule has 0 fully saturated rings. The lowest BCUT2D eigenvalue weighted by Gasteiger charge is -2.10. The monoisotopic (exact) mass is 454 g/mol. The molecule has 0 amide bonds. The van der Waals surface area contributed by atoms with Gasteiger partial charge in [0.2, 0.25) is 17.8 Å². The van der Waals surface area contributed by atoms with Crippen LogP contribution in [0.3, 0.4) is 0 Å². The molecule has 10 heteroatoms. The van der Waals surface area contributed by atoms with E-state index < -0.39 is 4.92 Å². The molecule has 4 aromatic rings. The summed E-state index contributed by atoms with van der Waals surface area (Å²) in [5.74, 6) is 0.837. The molecule has 4 rings (SSSR count). The summed E-state index contributed by atoms with van der Waals surface area (Å²) in [7, 11) is 0. The molecule has 0 radical (unpaired) electrons. The summed E-state index contributed by atoms with van der Waals surface area (Å²) in [5.41, 5.74) is 7.24. The van der Waals surface area contributed by atoms with Crippen LogP contribution in [0.15, 0.2) is 77.9 Å². The Morgan fingerprint density at radius 3 is 1.85 bits per heavy atom. The highest BCUT2D eigenvalue weighted by atomic mass is 16.6. The van der Waals surface area contributed by atoms with Crippen molar-refractivity contribution >= 4 is 41.1 Å². The van der Waals surface area contributed by atoms with Crippen LogP contribution in [0, 0.1) is 24.0 Å². The van der Waals surface area contributed by atoms with E-state index in [1.54, 1.807) is 12.1 Å². The zero-order valence-corrected chi connectivity index (χ0v) is 18.6. The number of hydrogen-bond acceptors (Lipinski definition) is 9. The molecule has 0 unspecified atom stereocenters. The molecule has 0 aliphatic heterocycles. The second-order valence-electron chi connectivity index (χ2n) is 7.51. The SMILES string of the molecule is Cc1ccc(Nc2nc(N/N=C\c3cccc([N+](=O)[O-])c3)nc(Nc3ccc(C)cc3)n2)cc1. The Morgan fingerprint density at radius 2 is 1.32 bits per heavy atom. The minimum Gasteiger partial charge on any atom is -0.324 e. The van der Waals surface area contributed by atoms with Crippen LogP contribution < -0.4 is 16.1 Å². The zero-order chi connectivity index (χ0) is 23.9. The summed E-state index contributed by atoms with van der Waals surface area (Å²) in [5, 5.41) is 21.4. The van der Waals surface area contributed by atoms with Crippen LogP contribution in [0.2, 0.25) is 0 Å². The van der Waals surface area contributed by atoms with Gasteiger partial charge < -0.3 is 10.6 Å². The molecule has 0 spiro atoms. The summed E-state index contributed by atoms with van der Waals surface area (Å²) >= 11 is 0. The molecule has 0 aliphatic carbocycles. The first-order valence-electron chi connectivity index (χ1n) is 10.4. The van der Waals surface area contributed by atoms with Crippen LogP contribution in [0.1, 0.15) is 16.7 Å². The van der Waals surface area contributed by atoms with Gasteiger partial charge in [0.25, 0.3) is 5.69 Å². The lowest BCUT2D eigenvalue weighted by molar-refractivity contribution is -0.384. The van der Waals surface area contributed by atoms with Crippen molar-refractivity contribution in [3.8, 4) is 0 Å². The first-order chi connectivity index (χ1) is 16.4. The molecule has 3 aromatic carbocycles. The van der Waals surface area contributed by atoms with Crippen molar-refractivity contribution in [1.82, 2.24) is 15.0 Å². The Bertz CT molecular complexity index is 1260. The summed E-state index contributed by atoms with van der Waals surface area (Å²) in [4.78, 5) is 23.7. The number of aromatic nitrogens is 3. The van der Waals surface area contributed by atoms with Gasteiger partial charge in [-0.2, -0.15) is 20.1 Å². The van der Waals surface area contributed by atoms with Gasteiger partial charge >= 0.3 is 0 Å². The molecule has 1 heterocycles. The Labute approximate surface area is 196 Å². The lowest BCUT2D eigenvalue weighted by atomic mass is 10.2. The minimum absolute atomic E-state index is 0.0155. The molecule has 0 saturated heterocycles. The van der Waals surface area contributed by atoms with Crippen LogP contribution >= 0.6 is 0 Å². The number of benzene rings is 3. The molecule has 10 nitrogen and oxygen atoms in total. The van der Waals surface area contributed by atoms with E-state index in [2.05, 4.69) is 36.1 Å². The third-order valence-corrected chi connectivity index (χ3v) is 4.71. The minimum atomic E-state index is -0.456. The van der Waals surface area contributed by atoms with E-state index in [-0.39, 0.29) is 11.6 Å². The molecular weight excluding hydrogens is 432 g/mol. The number of anilines is 5. The molecule has 34 heavy (non-hydrogen) atoms. The van der Waals surface area contributed by atoms with Gasteiger partial charge in [-0.15, -0.1) is 0 Å². The second-order valence-corrected chi connectivity index (χ2v) is 7.51. The predicted octanol–water partition coefficient (Wildman–Crippen LogP) is 5.33. The fraction of sp³-hybridized carbons (Fsp3) is 0.0833. The molecule has 0 bridgehead atoms. The standard InChI is InChI=1S/C24H22N8O2/c1-16-6-10-19(11-7-16)26-22-28-23(27-20-12-8-17(2)9-13-20)30-24(29-22)31-25-15-18-4-3-5-21(14-18)32(33)34/h3-15H,1-2H3,(H3,26,27,28,29,30,31)/b25-15-. The van der Waals surface area contributed by atoms with E-state index in [0.717, 1.165) is 22.5 Å². The molecular formula is C24H22N8O2. The Kier molecular flexibility index (Phi) is 6.68. The highest BCUT2D eigenvalue weighted by Gasteiger charge is 2.08. The van der Waals surface area contributed by atoms with Crippen molar-refractivity contribution in [2.24, 2.45) is 5.10 Å². The van der Waals surface area contributed by atoms with Crippen molar-refractivity contribution < 1.29 is 4.92 Å². The van der Waals surface area contributed by atoms with Gasteiger partial charge in [-0.3, -0.25) is 10.1 Å². The van der Waals surface area contributed by atoms with Gasteiger partial charge in [-0.1, -0.05) is 47.5 Å². The van der Waals surface area contributed by atoms with Crippen LogP contribution in [0.4, 0.5) is 34.9 Å². The Hall–Kier alpha value is -4.86. The number of aryl methyl sites for hydroxylation is 2. The van der Waals surface area contributed by atoms with Gasteiger partial charge in [0.1, 0.15) is 0 Å². The van der Waals surface area contributed by atoms with Gasteiger partial charge in [-0.25, -0.2) is 5.43 Å². The molecule has 1 aromatic heterocycles. The average molecular weight is 454 g/mol. The van der Waals surface area contributed by atoms with E-state index in [0.29, 0.717) is 17.5 Å². The lowest BCUT2D eigenvalue weighted by Crippen LogP contribution is -2.07. The summed E-state index contributed by atoms with van der Waals surface area (Å²) in [6, 6.07) is 21.8. The molecule has 170 valence electrons. The largest absolute Gasteiger partial charge is 0.324 e. The van der Waals surface area contributed by atoms with Crippen LogP contribution in [-0.2, 0) is 0 Å². The zero-order valence-electron chi connectivity index (χ0n) is 18.6. The van der Waals surface area contributed by atoms with Crippen molar-refractivity contribution in [1.29, 1.82) is 0 Å². The summed E-state index contributed by atoms with van der Waals surface area (Å²) in [6.45, 7) is 4.02. The maximum Gasteiger partial charge on any atom is 0.270 e. The van der Waals surface area contributed by atoms with Gasteiger partial charge in [0, 0.05) is 29.1 Å². The van der Waals surface area contributed by atoms with Crippen molar-refractivity contribution in [3.05, 3.63) is 99.6 Å². The average Bonchev–Trinajstić information content (AvgIpc) is 2.82. The summed E-state index contributed by atoms with van der Waals surface area (Å²) < 4.78 is 0. The topological polar surface area (TPSA) is 130 Å². The van der Waals surface area contributed by atoms with E-state index in [9.17, 15) is 10.1 Å². The van der Waals surface area contributed by atoms with Gasteiger partial charge in [0.15, 0.2) is 0 Å². The first kappa shape index (κ1) is 22.3.